The first kappa shape index (κ1) is 18.2. The zero-order valence-electron chi connectivity index (χ0n) is 15.4. The molecule has 0 aliphatic heterocycles. The molecule has 0 saturated carbocycles. The Labute approximate surface area is 157 Å². The summed E-state index contributed by atoms with van der Waals surface area (Å²) in [6.07, 6.45) is 0. The Morgan fingerprint density at radius 3 is 2.38 bits per heavy atom. The summed E-state index contributed by atoms with van der Waals surface area (Å²) < 4.78 is 1.91. The minimum absolute atomic E-state index is 0.0469. The summed E-state index contributed by atoms with van der Waals surface area (Å²) >= 11 is 1.38. The second-order valence-corrected chi connectivity index (χ2v) is 7.28. The number of anilines is 1. The average Bonchev–Trinajstić information content (AvgIpc) is 2.98. The van der Waals surface area contributed by atoms with Crippen LogP contribution in [0, 0.1) is 20.8 Å². The summed E-state index contributed by atoms with van der Waals surface area (Å²) in [6, 6.07) is 14.0. The van der Waals surface area contributed by atoms with Crippen molar-refractivity contribution >= 4 is 23.4 Å². The van der Waals surface area contributed by atoms with E-state index in [-0.39, 0.29) is 11.7 Å². The van der Waals surface area contributed by atoms with E-state index in [2.05, 4.69) is 34.6 Å². The number of aromatic nitrogens is 3. The summed E-state index contributed by atoms with van der Waals surface area (Å²) in [5.74, 6) is 1.03. The second kappa shape index (κ2) is 7.74. The van der Waals surface area contributed by atoms with Crippen LogP contribution in [0.5, 0.6) is 0 Å². The van der Waals surface area contributed by atoms with Crippen molar-refractivity contribution in [1.29, 1.82) is 0 Å². The standard InChI is InChI=1S/C20H22N4OS/c1-13-10-14(2)18(15(3)11-13)21-17(25)12-26-20-23-22-19(24(20)4)16-8-6-5-7-9-16/h5-11H,12H2,1-4H3,(H,21,25). The van der Waals surface area contributed by atoms with Crippen molar-refractivity contribution in [3.63, 3.8) is 0 Å². The second-order valence-electron chi connectivity index (χ2n) is 6.34. The molecular weight excluding hydrogens is 344 g/mol. The molecule has 0 aliphatic rings. The number of nitrogens with zero attached hydrogens (tertiary/aromatic N) is 3. The third-order valence-electron chi connectivity index (χ3n) is 4.14. The number of hydrogen-bond donors (Lipinski definition) is 1. The topological polar surface area (TPSA) is 59.8 Å². The molecule has 0 aliphatic carbocycles. The molecule has 0 atom stereocenters. The van der Waals surface area contributed by atoms with Gasteiger partial charge in [-0.1, -0.05) is 59.8 Å². The van der Waals surface area contributed by atoms with E-state index in [9.17, 15) is 4.79 Å². The molecule has 1 N–H and O–H groups in total. The molecule has 0 spiro atoms. The van der Waals surface area contributed by atoms with Gasteiger partial charge in [0.15, 0.2) is 11.0 Å². The molecule has 1 aromatic heterocycles. The number of benzene rings is 2. The van der Waals surface area contributed by atoms with Crippen molar-refractivity contribution in [2.45, 2.75) is 25.9 Å². The van der Waals surface area contributed by atoms with Gasteiger partial charge in [0.25, 0.3) is 0 Å². The van der Waals surface area contributed by atoms with E-state index >= 15 is 0 Å². The van der Waals surface area contributed by atoms with E-state index in [1.54, 1.807) is 0 Å². The van der Waals surface area contributed by atoms with Crippen LogP contribution < -0.4 is 5.32 Å². The van der Waals surface area contributed by atoms with Gasteiger partial charge in [0, 0.05) is 18.3 Å². The molecule has 0 bridgehead atoms. The number of aryl methyl sites for hydroxylation is 3. The molecule has 0 fully saturated rings. The number of carbonyl (C=O) groups excluding carboxylic acids is 1. The normalized spacial score (nSPS) is 10.8. The predicted octanol–water partition coefficient (Wildman–Crippen LogP) is 4.14. The number of thioether (sulfide) groups is 1. The van der Waals surface area contributed by atoms with E-state index in [1.807, 2.05) is 55.8 Å². The first-order chi connectivity index (χ1) is 12.5. The van der Waals surface area contributed by atoms with Crippen LogP contribution in [0.3, 0.4) is 0 Å². The summed E-state index contributed by atoms with van der Waals surface area (Å²) in [5, 5.41) is 12.2. The van der Waals surface area contributed by atoms with Crippen LogP contribution in [0.15, 0.2) is 47.6 Å². The first-order valence-electron chi connectivity index (χ1n) is 8.41. The van der Waals surface area contributed by atoms with Crippen LogP contribution >= 0.6 is 11.8 Å². The summed E-state index contributed by atoms with van der Waals surface area (Å²) in [6.45, 7) is 6.08. The fourth-order valence-corrected chi connectivity index (χ4v) is 3.67. The van der Waals surface area contributed by atoms with Crippen molar-refractivity contribution in [2.75, 3.05) is 11.1 Å². The van der Waals surface area contributed by atoms with Gasteiger partial charge in [-0.2, -0.15) is 0 Å². The molecule has 5 nitrogen and oxygen atoms in total. The van der Waals surface area contributed by atoms with E-state index in [0.29, 0.717) is 0 Å². The number of carbonyl (C=O) groups is 1. The van der Waals surface area contributed by atoms with Gasteiger partial charge in [0.05, 0.1) is 5.75 Å². The van der Waals surface area contributed by atoms with E-state index < -0.39 is 0 Å². The zero-order valence-corrected chi connectivity index (χ0v) is 16.2. The maximum absolute atomic E-state index is 12.4. The minimum Gasteiger partial charge on any atom is -0.325 e. The lowest BCUT2D eigenvalue weighted by Crippen LogP contribution is -2.16. The molecule has 134 valence electrons. The fraction of sp³-hybridized carbons (Fsp3) is 0.250. The number of hydrogen-bond acceptors (Lipinski definition) is 4. The average molecular weight is 366 g/mol. The van der Waals surface area contributed by atoms with Gasteiger partial charge in [-0.3, -0.25) is 4.79 Å². The summed E-state index contributed by atoms with van der Waals surface area (Å²) in [7, 11) is 1.91. The smallest absolute Gasteiger partial charge is 0.234 e. The lowest BCUT2D eigenvalue weighted by Gasteiger charge is -2.12. The molecule has 3 rings (SSSR count). The summed E-state index contributed by atoms with van der Waals surface area (Å²) in [4.78, 5) is 12.4. The van der Waals surface area contributed by atoms with E-state index in [4.69, 9.17) is 0 Å². The monoisotopic (exact) mass is 366 g/mol. The minimum atomic E-state index is -0.0469. The number of amides is 1. The van der Waals surface area contributed by atoms with Crippen molar-refractivity contribution in [1.82, 2.24) is 14.8 Å². The van der Waals surface area contributed by atoms with Crippen molar-refractivity contribution in [3.05, 3.63) is 59.2 Å². The van der Waals surface area contributed by atoms with Crippen LogP contribution in [0.1, 0.15) is 16.7 Å². The molecule has 0 unspecified atom stereocenters. The Hall–Kier alpha value is -2.60. The van der Waals surface area contributed by atoms with Crippen LogP contribution in [0.4, 0.5) is 5.69 Å². The van der Waals surface area contributed by atoms with Crippen LogP contribution in [0.25, 0.3) is 11.4 Å². The Morgan fingerprint density at radius 1 is 1.08 bits per heavy atom. The molecular formula is C20H22N4OS. The largest absolute Gasteiger partial charge is 0.325 e. The third-order valence-corrected chi connectivity index (χ3v) is 5.16. The molecule has 3 aromatic rings. The van der Waals surface area contributed by atoms with Gasteiger partial charge in [0.2, 0.25) is 5.91 Å². The van der Waals surface area contributed by atoms with Gasteiger partial charge < -0.3 is 9.88 Å². The number of rotatable bonds is 5. The van der Waals surface area contributed by atoms with Gasteiger partial charge in [-0.15, -0.1) is 10.2 Å². The van der Waals surface area contributed by atoms with Crippen LogP contribution in [0.2, 0.25) is 0 Å². The van der Waals surface area contributed by atoms with Gasteiger partial charge >= 0.3 is 0 Å². The first-order valence-corrected chi connectivity index (χ1v) is 9.39. The predicted molar refractivity (Wildman–Crippen MR) is 106 cm³/mol. The Morgan fingerprint density at radius 2 is 1.73 bits per heavy atom. The highest BCUT2D eigenvalue weighted by atomic mass is 32.2. The maximum atomic E-state index is 12.4. The lowest BCUT2D eigenvalue weighted by atomic mass is 10.1. The number of nitrogens with one attached hydrogen (secondary N) is 1. The van der Waals surface area contributed by atoms with Crippen LogP contribution in [-0.2, 0) is 11.8 Å². The molecule has 6 heteroatoms. The molecule has 0 saturated heterocycles. The van der Waals surface area contributed by atoms with Crippen molar-refractivity contribution in [2.24, 2.45) is 7.05 Å². The van der Waals surface area contributed by atoms with Crippen molar-refractivity contribution < 1.29 is 4.79 Å². The Kier molecular flexibility index (Phi) is 5.42. The highest BCUT2D eigenvalue weighted by molar-refractivity contribution is 7.99. The Bertz CT molecular complexity index is 911. The third kappa shape index (κ3) is 3.96. The molecule has 1 amide bonds. The van der Waals surface area contributed by atoms with Crippen LogP contribution in [-0.4, -0.2) is 26.4 Å². The van der Waals surface area contributed by atoms with Gasteiger partial charge in [-0.25, -0.2) is 0 Å². The maximum Gasteiger partial charge on any atom is 0.234 e. The quantitative estimate of drug-likeness (QED) is 0.690. The molecule has 0 radical (unpaired) electrons. The zero-order chi connectivity index (χ0) is 18.7. The fourth-order valence-electron chi connectivity index (χ4n) is 2.96. The van der Waals surface area contributed by atoms with Gasteiger partial charge in [-0.05, 0) is 31.9 Å². The molecule has 1 heterocycles. The van der Waals surface area contributed by atoms with Gasteiger partial charge in [0.1, 0.15) is 0 Å². The van der Waals surface area contributed by atoms with E-state index in [1.165, 1.54) is 17.3 Å². The Balaban J connectivity index is 1.67. The lowest BCUT2D eigenvalue weighted by molar-refractivity contribution is -0.113. The molecule has 2 aromatic carbocycles. The highest BCUT2D eigenvalue weighted by Gasteiger charge is 2.14. The molecule has 26 heavy (non-hydrogen) atoms. The summed E-state index contributed by atoms with van der Waals surface area (Å²) in [5.41, 5.74) is 5.24. The van der Waals surface area contributed by atoms with Crippen molar-refractivity contribution in [3.8, 4) is 11.4 Å². The van der Waals surface area contributed by atoms with E-state index in [0.717, 1.165) is 33.4 Å². The SMILES string of the molecule is Cc1cc(C)c(NC(=O)CSc2nnc(-c3ccccc3)n2C)c(C)c1. The highest BCUT2D eigenvalue weighted by Crippen LogP contribution is 2.24.